The van der Waals surface area contributed by atoms with Crippen molar-refractivity contribution < 1.29 is 26.8 Å². The average Bonchev–Trinajstić information content (AvgIpc) is 3.16. The van der Waals surface area contributed by atoms with Crippen LogP contribution in [0, 0.1) is 24.1 Å². The fourth-order valence-corrected chi connectivity index (χ4v) is 5.27. The fourth-order valence-electron chi connectivity index (χ4n) is 3.92. The molecule has 194 valence electrons. The van der Waals surface area contributed by atoms with E-state index in [1.165, 1.54) is 36.1 Å². The van der Waals surface area contributed by atoms with Crippen molar-refractivity contribution in [2.24, 2.45) is 0 Å². The van der Waals surface area contributed by atoms with Gasteiger partial charge in [0.25, 0.3) is 0 Å². The number of nitrogens with zero attached hydrogens (tertiary/aromatic N) is 3. The van der Waals surface area contributed by atoms with Gasteiger partial charge in [-0.05, 0) is 55.4 Å². The van der Waals surface area contributed by atoms with Crippen molar-refractivity contribution in [1.82, 2.24) is 4.98 Å². The first-order valence-electron chi connectivity index (χ1n) is 11.5. The summed E-state index contributed by atoms with van der Waals surface area (Å²) in [7, 11) is -2.28. The summed E-state index contributed by atoms with van der Waals surface area (Å²) >= 11 is 0. The number of pyridine rings is 1. The predicted octanol–water partition coefficient (Wildman–Crippen LogP) is 6.03. The van der Waals surface area contributed by atoms with Gasteiger partial charge in [0.15, 0.2) is 8.32 Å². The zero-order valence-electron chi connectivity index (χ0n) is 21.1. The lowest BCUT2D eigenvalue weighted by atomic mass is 10.1. The lowest BCUT2D eigenvalue weighted by Crippen LogP contribution is -2.44. The highest BCUT2D eigenvalue weighted by Gasteiger charge is 2.46. The Morgan fingerprint density at radius 2 is 1.83 bits per heavy atom. The van der Waals surface area contributed by atoms with Crippen LogP contribution in [0.3, 0.4) is 0 Å². The molecule has 1 aliphatic rings. The minimum absolute atomic E-state index is 0.0720. The topological polar surface area (TPSA) is 78.2 Å². The summed E-state index contributed by atoms with van der Waals surface area (Å²) < 4.78 is 61.1. The van der Waals surface area contributed by atoms with E-state index in [9.17, 15) is 27.6 Å². The van der Waals surface area contributed by atoms with Crippen LogP contribution >= 0.6 is 0 Å². The van der Waals surface area contributed by atoms with Crippen LogP contribution in [0.1, 0.15) is 44.0 Å². The fraction of sp³-hybridized carbons (Fsp3) is 0.480. The van der Waals surface area contributed by atoms with E-state index in [-0.39, 0.29) is 29.5 Å². The summed E-state index contributed by atoms with van der Waals surface area (Å²) in [4.78, 5) is 19.0. The van der Waals surface area contributed by atoms with Crippen LogP contribution < -0.4 is 10.2 Å². The Balaban J connectivity index is 2.04. The molecule has 2 heterocycles. The zero-order valence-corrected chi connectivity index (χ0v) is 22.1. The van der Waals surface area contributed by atoms with Gasteiger partial charge in [-0.2, -0.15) is 18.4 Å². The molecule has 3 rings (SSSR count). The van der Waals surface area contributed by atoms with E-state index >= 15 is 0 Å². The molecule has 0 bridgehead atoms. The third kappa shape index (κ3) is 5.87. The molecule has 0 saturated carbocycles. The first-order valence-corrected chi connectivity index (χ1v) is 14.4. The normalized spacial score (nSPS) is 18.8. The molecular weight excluding hydrogens is 492 g/mol. The van der Waals surface area contributed by atoms with Crippen LogP contribution in [0.15, 0.2) is 30.3 Å². The maximum absolute atomic E-state index is 13.8. The smallest absolute Gasteiger partial charge is 0.412 e. The second-order valence-electron chi connectivity index (χ2n) is 10.5. The summed E-state index contributed by atoms with van der Waals surface area (Å²) in [6.45, 7) is 11.8. The van der Waals surface area contributed by atoms with Crippen molar-refractivity contribution in [1.29, 1.82) is 5.26 Å². The molecule has 1 saturated heterocycles. The van der Waals surface area contributed by atoms with Gasteiger partial charge in [-0.25, -0.2) is 9.37 Å². The zero-order chi connectivity index (χ0) is 27.1. The Morgan fingerprint density at radius 3 is 2.36 bits per heavy atom. The molecule has 1 aliphatic heterocycles. The van der Waals surface area contributed by atoms with Crippen molar-refractivity contribution >= 4 is 25.7 Å². The van der Waals surface area contributed by atoms with E-state index in [0.717, 1.165) is 6.07 Å². The minimum atomic E-state index is -4.77. The number of carbonyl (C=O) groups is 1. The van der Waals surface area contributed by atoms with Crippen LogP contribution in [-0.4, -0.2) is 37.9 Å². The monoisotopic (exact) mass is 522 g/mol. The molecular formula is C25H30F4N4O2Si. The number of anilines is 2. The summed E-state index contributed by atoms with van der Waals surface area (Å²) in [6, 6.07) is 6.69. The standard InChI is InChI=1S/C25H30F4N4O2Si/c1-15-11-20(25(27,28)29)19(13-30)22(31-15)33-14-18(35-36(5,6)24(2,3)4)12-21(33)23(34)32-17-9-7-16(26)8-10-17/h7-11,18,21H,12,14H2,1-6H3,(H,32,34)/t18-,21-/m0/s1. The number of aromatic nitrogens is 1. The molecule has 1 N–H and O–H groups in total. The highest BCUT2D eigenvalue weighted by atomic mass is 28.4. The van der Waals surface area contributed by atoms with Crippen molar-refractivity contribution in [3.63, 3.8) is 0 Å². The van der Waals surface area contributed by atoms with Gasteiger partial charge < -0.3 is 14.6 Å². The third-order valence-electron chi connectivity index (χ3n) is 6.76. The SMILES string of the molecule is Cc1cc(C(F)(F)F)c(C#N)c(N2C[C@@H](O[Si](C)(C)C(C)(C)C)C[C@H]2C(=O)Nc2ccc(F)cc2)n1. The highest BCUT2D eigenvalue weighted by Crippen LogP contribution is 2.41. The molecule has 1 aromatic heterocycles. The van der Waals surface area contributed by atoms with Gasteiger partial charge in [0.05, 0.1) is 11.7 Å². The van der Waals surface area contributed by atoms with E-state index in [2.05, 4.69) is 44.2 Å². The van der Waals surface area contributed by atoms with Crippen LogP contribution in [0.2, 0.25) is 18.1 Å². The lowest BCUT2D eigenvalue weighted by molar-refractivity contribution is -0.137. The van der Waals surface area contributed by atoms with Crippen LogP contribution in [0.4, 0.5) is 29.1 Å². The van der Waals surface area contributed by atoms with Crippen LogP contribution in [0.5, 0.6) is 0 Å². The Kier molecular flexibility index (Phi) is 7.53. The number of carbonyl (C=O) groups excluding carboxylic acids is 1. The Labute approximate surface area is 209 Å². The van der Waals surface area contributed by atoms with Gasteiger partial charge in [0.1, 0.15) is 29.3 Å². The van der Waals surface area contributed by atoms with Crippen LogP contribution in [-0.2, 0) is 15.4 Å². The molecule has 0 aliphatic carbocycles. The molecule has 0 radical (unpaired) electrons. The van der Waals surface area contributed by atoms with Gasteiger partial charge in [0, 0.05) is 24.3 Å². The number of hydrogen-bond donors (Lipinski definition) is 1. The summed E-state index contributed by atoms with van der Waals surface area (Å²) in [5.41, 5.74) is -1.33. The van der Waals surface area contributed by atoms with E-state index in [1.54, 1.807) is 6.07 Å². The number of aryl methyl sites for hydroxylation is 1. The van der Waals surface area contributed by atoms with Crippen molar-refractivity contribution in [2.75, 3.05) is 16.8 Å². The number of rotatable bonds is 5. The second kappa shape index (κ2) is 9.82. The second-order valence-corrected chi connectivity index (χ2v) is 15.3. The first kappa shape index (κ1) is 27.6. The number of hydrogen-bond acceptors (Lipinski definition) is 5. The quantitative estimate of drug-likeness (QED) is 0.383. The number of halogens is 4. The molecule has 2 aromatic rings. The van der Waals surface area contributed by atoms with Gasteiger partial charge >= 0.3 is 6.18 Å². The van der Waals surface area contributed by atoms with Gasteiger partial charge in [-0.3, -0.25) is 4.79 Å². The molecule has 0 spiro atoms. The minimum Gasteiger partial charge on any atom is -0.412 e. The number of benzene rings is 1. The Hall–Kier alpha value is -2.97. The molecule has 1 aromatic carbocycles. The molecule has 0 unspecified atom stereocenters. The molecule has 1 fully saturated rings. The van der Waals surface area contributed by atoms with E-state index < -0.39 is 49.5 Å². The van der Waals surface area contributed by atoms with E-state index in [4.69, 9.17) is 4.43 Å². The lowest BCUT2D eigenvalue weighted by Gasteiger charge is -2.38. The maximum Gasteiger partial charge on any atom is 0.417 e. The predicted molar refractivity (Wildman–Crippen MR) is 132 cm³/mol. The van der Waals surface area contributed by atoms with Gasteiger partial charge in [0.2, 0.25) is 5.91 Å². The van der Waals surface area contributed by atoms with Crippen molar-refractivity contribution in [3.8, 4) is 6.07 Å². The third-order valence-corrected chi connectivity index (χ3v) is 11.3. The molecule has 36 heavy (non-hydrogen) atoms. The van der Waals surface area contributed by atoms with Crippen molar-refractivity contribution in [3.05, 3.63) is 53.0 Å². The summed E-state index contributed by atoms with van der Waals surface area (Å²) in [5.74, 6) is -1.19. The first-order chi connectivity index (χ1) is 16.5. The van der Waals surface area contributed by atoms with E-state index in [0.29, 0.717) is 5.69 Å². The Bertz CT molecular complexity index is 1170. The highest BCUT2D eigenvalue weighted by molar-refractivity contribution is 6.74. The number of nitriles is 1. The van der Waals surface area contributed by atoms with E-state index in [1.807, 2.05) is 0 Å². The molecule has 1 amide bonds. The number of amides is 1. The maximum atomic E-state index is 13.8. The van der Waals surface area contributed by atoms with Crippen LogP contribution in [0.25, 0.3) is 0 Å². The molecule has 2 atom stereocenters. The van der Waals surface area contributed by atoms with Gasteiger partial charge in [-0.1, -0.05) is 20.8 Å². The molecule has 6 nitrogen and oxygen atoms in total. The number of nitrogens with one attached hydrogen (secondary N) is 1. The molecule has 11 heteroatoms. The largest absolute Gasteiger partial charge is 0.417 e. The summed E-state index contributed by atoms with van der Waals surface area (Å²) in [6.07, 6.45) is -5.03. The average molecular weight is 523 g/mol. The van der Waals surface area contributed by atoms with Gasteiger partial charge in [-0.15, -0.1) is 0 Å². The Morgan fingerprint density at radius 1 is 1.22 bits per heavy atom. The number of alkyl halides is 3. The summed E-state index contributed by atoms with van der Waals surface area (Å²) in [5, 5.41) is 12.2. The van der Waals surface area contributed by atoms with Crippen molar-refractivity contribution in [2.45, 2.75) is 70.6 Å².